The third kappa shape index (κ3) is 1.24. The van der Waals surface area contributed by atoms with Crippen molar-refractivity contribution in [2.75, 3.05) is 0 Å². The number of fused-ring (bicyclic) bond motifs is 1. The summed E-state index contributed by atoms with van der Waals surface area (Å²) in [5.74, 6) is 0. The summed E-state index contributed by atoms with van der Waals surface area (Å²) in [6.07, 6.45) is 0.988. The van der Waals surface area contributed by atoms with Gasteiger partial charge in [-0.25, -0.2) is 0 Å². The van der Waals surface area contributed by atoms with Gasteiger partial charge in [-0.3, -0.25) is 0 Å². The number of aldehydes is 1. The zero-order valence-electron chi connectivity index (χ0n) is 5.78. The number of rotatable bonds is 1. The molecule has 11 heavy (non-hydrogen) atoms. The molecule has 0 radical (unpaired) electrons. The molecule has 1 nitrogen and oxygen atoms in total. The summed E-state index contributed by atoms with van der Waals surface area (Å²) in [6, 6.07) is 10.2. The summed E-state index contributed by atoms with van der Waals surface area (Å²) in [6.45, 7) is 0. The summed E-state index contributed by atoms with van der Waals surface area (Å²) in [7, 11) is 0. The summed E-state index contributed by atoms with van der Waals surface area (Å²) in [4.78, 5) is 10.4. The van der Waals surface area contributed by atoms with Crippen LogP contribution < -0.4 is 0 Å². The molecule has 0 amide bonds. The summed E-state index contributed by atoms with van der Waals surface area (Å²) < 4.78 is 2.40. The molecule has 2 rings (SSSR count). The molecule has 0 saturated heterocycles. The Balaban J connectivity index is 2.78. The fourth-order valence-electron chi connectivity index (χ4n) is 1.06. The van der Waals surface area contributed by atoms with Gasteiger partial charge in [0.1, 0.15) is 0 Å². The van der Waals surface area contributed by atoms with Crippen molar-refractivity contribution >= 4 is 35.5 Å². The molecular formula is C9H6OTe. The number of hydrogen-bond acceptors (Lipinski definition) is 1. The molecule has 0 aliphatic rings. The van der Waals surface area contributed by atoms with Crippen LogP contribution in [-0.4, -0.2) is 26.7 Å². The Morgan fingerprint density at radius 1 is 1.27 bits per heavy atom. The van der Waals surface area contributed by atoms with Crippen LogP contribution >= 0.6 is 0 Å². The standard InChI is InChI=1S/C9H6OTe/c10-6-8-5-7-3-1-2-4-9(7)11-8/h1-6H. The molecule has 2 heteroatoms. The van der Waals surface area contributed by atoms with Crippen molar-refractivity contribution in [1.29, 1.82) is 0 Å². The summed E-state index contributed by atoms with van der Waals surface area (Å²) in [5, 5.41) is 1.25. The molecule has 0 atom stereocenters. The zero-order chi connectivity index (χ0) is 7.68. The van der Waals surface area contributed by atoms with Crippen molar-refractivity contribution in [1.82, 2.24) is 0 Å². The van der Waals surface area contributed by atoms with E-state index >= 15 is 0 Å². The average Bonchev–Trinajstić information content (AvgIpc) is 2.46. The van der Waals surface area contributed by atoms with E-state index in [1.54, 1.807) is 0 Å². The molecule has 54 valence electrons. The zero-order valence-corrected chi connectivity index (χ0v) is 8.11. The first-order chi connectivity index (χ1) is 5.40. The molecule has 2 aromatic rings. The monoisotopic (exact) mass is 260 g/mol. The second-order valence-electron chi connectivity index (χ2n) is 2.30. The first-order valence-corrected chi connectivity index (χ1v) is 5.67. The molecular weight excluding hydrogens is 252 g/mol. The van der Waals surface area contributed by atoms with Crippen LogP contribution in [0.4, 0.5) is 0 Å². The molecule has 0 spiro atoms. The van der Waals surface area contributed by atoms with Crippen LogP contribution in [0.2, 0.25) is 0 Å². The fourth-order valence-corrected chi connectivity index (χ4v) is 3.57. The molecule has 0 saturated carbocycles. The Morgan fingerprint density at radius 3 is 2.82 bits per heavy atom. The van der Waals surface area contributed by atoms with Gasteiger partial charge in [-0.05, 0) is 0 Å². The van der Waals surface area contributed by atoms with Crippen molar-refractivity contribution in [3.8, 4) is 0 Å². The second-order valence-corrected chi connectivity index (χ2v) is 5.49. The van der Waals surface area contributed by atoms with E-state index in [2.05, 4.69) is 12.1 Å². The van der Waals surface area contributed by atoms with Crippen molar-refractivity contribution < 1.29 is 4.79 Å². The summed E-state index contributed by atoms with van der Waals surface area (Å²) in [5.41, 5.74) is 0. The van der Waals surface area contributed by atoms with Crippen LogP contribution in [0, 0.1) is 0 Å². The topological polar surface area (TPSA) is 17.1 Å². The predicted octanol–water partition coefficient (Wildman–Crippen LogP) is 1.71. The van der Waals surface area contributed by atoms with Gasteiger partial charge in [-0.1, -0.05) is 0 Å². The van der Waals surface area contributed by atoms with Gasteiger partial charge in [-0.2, -0.15) is 0 Å². The third-order valence-corrected chi connectivity index (χ3v) is 4.53. The van der Waals surface area contributed by atoms with Crippen molar-refractivity contribution in [3.05, 3.63) is 33.9 Å². The van der Waals surface area contributed by atoms with Gasteiger partial charge in [0.2, 0.25) is 0 Å². The van der Waals surface area contributed by atoms with Gasteiger partial charge in [0.25, 0.3) is 0 Å². The number of benzene rings is 1. The molecule has 0 aliphatic carbocycles. The molecule has 0 bridgehead atoms. The van der Waals surface area contributed by atoms with Crippen molar-refractivity contribution in [2.24, 2.45) is 0 Å². The minimum atomic E-state index is -0.324. The molecule has 0 unspecified atom stereocenters. The number of carbonyl (C=O) groups excluding carboxylic acids is 1. The van der Waals surface area contributed by atoms with Crippen molar-refractivity contribution in [3.63, 3.8) is 0 Å². The maximum absolute atomic E-state index is 10.4. The first-order valence-electron chi connectivity index (χ1n) is 3.34. The Labute approximate surface area is 74.3 Å². The van der Waals surface area contributed by atoms with Gasteiger partial charge >= 0.3 is 74.2 Å². The van der Waals surface area contributed by atoms with Gasteiger partial charge < -0.3 is 0 Å². The van der Waals surface area contributed by atoms with Gasteiger partial charge in [0.05, 0.1) is 0 Å². The molecule has 0 aliphatic heterocycles. The second kappa shape index (κ2) is 2.81. The normalized spacial score (nSPS) is 10.2. The molecule has 1 aromatic heterocycles. The summed E-state index contributed by atoms with van der Waals surface area (Å²) >= 11 is -0.324. The van der Waals surface area contributed by atoms with E-state index in [-0.39, 0.29) is 20.4 Å². The molecule has 1 heterocycles. The van der Waals surface area contributed by atoms with Crippen LogP contribution in [0.3, 0.4) is 0 Å². The minimum absolute atomic E-state index is 0.324. The van der Waals surface area contributed by atoms with E-state index in [1.165, 1.54) is 8.79 Å². The van der Waals surface area contributed by atoms with E-state index in [0.717, 1.165) is 9.87 Å². The number of carbonyl (C=O) groups is 1. The number of hydrogen-bond donors (Lipinski definition) is 0. The quantitative estimate of drug-likeness (QED) is 0.562. The Bertz CT molecular complexity index is 356. The van der Waals surface area contributed by atoms with Crippen LogP contribution in [0.5, 0.6) is 0 Å². The Kier molecular flexibility index (Phi) is 1.81. The van der Waals surface area contributed by atoms with Crippen LogP contribution in [0.15, 0.2) is 30.3 Å². The van der Waals surface area contributed by atoms with Crippen molar-refractivity contribution in [2.45, 2.75) is 0 Å². The Morgan fingerprint density at radius 2 is 2.09 bits per heavy atom. The first kappa shape index (κ1) is 7.09. The fraction of sp³-hybridized carbons (Fsp3) is 0. The maximum atomic E-state index is 10.4. The third-order valence-electron chi connectivity index (χ3n) is 1.56. The van der Waals surface area contributed by atoms with Gasteiger partial charge in [0, 0.05) is 0 Å². The molecule has 0 N–H and O–H groups in total. The molecule has 0 fully saturated rings. The van der Waals surface area contributed by atoms with E-state index in [1.807, 2.05) is 18.2 Å². The van der Waals surface area contributed by atoms with E-state index in [9.17, 15) is 4.79 Å². The van der Waals surface area contributed by atoms with Crippen LogP contribution in [0.25, 0.3) is 8.79 Å². The van der Waals surface area contributed by atoms with Gasteiger partial charge in [0.15, 0.2) is 0 Å². The average molecular weight is 258 g/mol. The van der Waals surface area contributed by atoms with Gasteiger partial charge in [-0.15, -0.1) is 0 Å². The van der Waals surface area contributed by atoms with E-state index < -0.39 is 0 Å². The Hall–Kier alpha value is -0.580. The SMILES string of the molecule is O=Cc1cc2ccccc2[te]1. The van der Waals surface area contributed by atoms with E-state index in [4.69, 9.17) is 0 Å². The van der Waals surface area contributed by atoms with E-state index in [0.29, 0.717) is 0 Å². The van der Waals surface area contributed by atoms with Crippen LogP contribution in [0.1, 0.15) is 8.37 Å². The molecule has 1 aromatic carbocycles. The predicted molar refractivity (Wildman–Crippen MR) is 46.3 cm³/mol. The van der Waals surface area contributed by atoms with Crippen LogP contribution in [-0.2, 0) is 0 Å².